The Labute approximate surface area is 71.3 Å². The van der Waals surface area contributed by atoms with Crippen LogP contribution in [0.2, 0.25) is 0 Å². The molecule has 0 unspecified atom stereocenters. The molecule has 12 heavy (non-hydrogen) atoms. The number of aromatic nitrogens is 2. The van der Waals surface area contributed by atoms with Gasteiger partial charge in [-0.05, 0) is 13.8 Å². The average Bonchev–Trinajstić information content (AvgIpc) is 1.96. The summed E-state index contributed by atoms with van der Waals surface area (Å²) in [6.45, 7) is 3.54. The van der Waals surface area contributed by atoms with Gasteiger partial charge in [0.1, 0.15) is 11.6 Å². The monoisotopic (exact) mass is 167 g/mol. The molecular weight excluding hydrogens is 154 g/mol. The summed E-state index contributed by atoms with van der Waals surface area (Å²) < 4.78 is 0. The zero-order valence-electron chi connectivity index (χ0n) is 7.80. The van der Waals surface area contributed by atoms with Gasteiger partial charge in [-0.3, -0.25) is 4.79 Å². The average molecular weight is 167 g/mol. The summed E-state index contributed by atoms with van der Waals surface area (Å²) in [6.07, 6.45) is 0. The van der Waals surface area contributed by atoms with Crippen LogP contribution in [0.4, 0.5) is 5.82 Å². The van der Waals surface area contributed by atoms with Gasteiger partial charge >= 0.3 is 0 Å². The first-order chi connectivity index (χ1) is 5.52. The van der Waals surface area contributed by atoms with E-state index in [0.29, 0.717) is 11.4 Å². The Morgan fingerprint density at radius 2 is 1.92 bits per heavy atom. The predicted octanol–water partition coefficient (Wildman–Crippen LogP) is 0.453. The van der Waals surface area contributed by atoms with E-state index < -0.39 is 0 Å². The number of aromatic amines is 1. The summed E-state index contributed by atoms with van der Waals surface area (Å²) in [4.78, 5) is 19.9. The van der Waals surface area contributed by atoms with Gasteiger partial charge in [-0.2, -0.15) is 0 Å². The normalized spacial score (nSPS) is 10.0. The number of rotatable bonds is 1. The highest BCUT2D eigenvalue weighted by Crippen LogP contribution is 2.08. The number of hydrogen-bond acceptors (Lipinski definition) is 3. The molecule has 0 aromatic carbocycles. The van der Waals surface area contributed by atoms with Gasteiger partial charge in [0.2, 0.25) is 0 Å². The van der Waals surface area contributed by atoms with Crippen LogP contribution in [-0.2, 0) is 0 Å². The van der Waals surface area contributed by atoms with Crippen LogP contribution in [0, 0.1) is 13.8 Å². The van der Waals surface area contributed by atoms with E-state index in [9.17, 15) is 4.79 Å². The molecule has 1 rings (SSSR count). The van der Waals surface area contributed by atoms with Gasteiger partial charge in [-0.1, -0.05) is 0 Å². The van der Waals surface area contributed by atoms with Gasteiger partial charge in [0.15, 0.2) is 0 Å². The summed E-state index contributed by atoms with van der Waals surface area (Å²) in [5, 5.41) is 0. The van der Waals surface area contributed by atoms with Gasteiger partial charge in [-0.15, -0.1) is 0 Å². The van der Waals surface area contributed by atoms with Crippen LogP contribution in [0.3, 0.4) is 0 Å². The second-order valence-corrected chi connectivity index (χ2v) is 2.99. The summed E-state index contributed by atoms with van der Waals surface area (Å²) in [5.41, 5.74) is 0.594. The van der Waals surface area contributed by atoms with Gasteiger partial charge in [0, 0.05) is 14.1 Å². The van der Waals surface area contributed by atoms with Crippen molar-refractivity contribution >= 4 is 5.82 Å². The number of H-pyrrole nitrogens is 1. The molecule has 0 spiro atoms. The quantitative estimate of drug-likeness (QED) is 0.660. The molecule has 4 heteroatoms. The minimum atomic E-state index is -0.0637. The van der Waals surface area contributed by atoms with Crippen molar-refractivity contribution in [1.82, 2.24) is 9.97 Å². The third-order valence-corrected chi connectivity index (χ3v) is 1.67. The predicted molar refractivity (Wildman–Crippen MR) is 48.7 cm³/mol. The first kappa shape index (κ1) is 8.77. The third kappa shape index (κ3) is 1.47. The molecule has 0 saturated heterocycles. The topological polar surface area (TPSA) is 49.0 Å². The summed E-state index contributed by atoms with van der Waals surface area (Å²) in [6, 6.07) is 0. The van der Waals surface area contributed by atoms with E-state index >= 15 is 0 Å². The molecule has 0 radical (unpaired) electrons. The molecule has 0 amide bonds. The van der Waals surface area contributed by atoms with Crippen LogP contribution in [0.5, 0.6) is 0 Å². The maximum absolute atomic E-state index is 11.2. The Morgan fingerprint density at radius 1 is 1.33 bits per heavy atom. The number of nitrogens with one attached hydrogen (secondary N) is 1. The van der Waals surface area contributed by atoms with Crippen molar-refractivity contribution in [2.45, 2.75) is 13.8 Å². The Balaban J connectivity index is 3.38. The Bertz CT molecular complexity index is 341. The fourth-order valence-electron chi connectivity index (χ4n) is 1.07. The molecule has 0 bridgehead atoms. The van der Waals surface area contributed by atoms with E-state index in [1.165, 1.54) is 0 Å². The van der Waals surface area contributed by atoms with E-state index in [0.717, 1.165) is 5.82 Å². The zero-order valence-corrected chi connectivity index (χ0v) is 7.80. The van der Waals surface area contributed by atoms with E-state index in [-0.39, 0.29) is 5.56 Å². The van der Waals surface area contributed by atoms with E-state index in [2.05, 4.69) is 9.97 Å². The fraction of sp³-hybridized carbons (Fsp3) is 0.500. The lowest BCUT2D eigenvalue weighted by molar-refractivity contribution is 0.945. The second-order valence-electron chi connectivity index (χ2n) is 2.99. The molecule has 0 aliphatic heterocycles. The highest BCUT2D eigenvalue weighted by Gasteiger charge is 2.06. The van der Waals surface area contributed by atoms with Gasteiger partial charge in [0.25, 0.3) is 5.56 Å². The van der Waals surface area contributed by atoms with Crippen LogP contribution in [-0.4, -0.2) is 24.1 Å². The molecule has 1 aromatic rings. The van der Waals surface area contributed by atoms with Crippen molar-refractivity contribution in [2.24, 2.45) is 0 Å². The Kier molecular flexibility index (Phi) is 2.17. The lowest BCUT2D eigenvalue weighted by Crippen LogP contribution is -2.21. The van der Waals surface area contributed by atoms with Gasteiger partial charge in [0.05, 0.1) is 5.56 Å². The Morgan fingerprint density at radius 3 is 2.42 bits per heavy atom. The molecule has 0 aliphatic rings. The third-order valence-electron chi connectivity index (χ3n) is 1.67. The first-order valence-corrected chi connectivity index (χ1v) is 3.77. The number of anilines is 1. The fourth-order valence-corrected chi connectivity index (χ4v) is 1.07. The molecular formula is C8H13N3O. The molecule has 0 fully saturated rings. The van der Waals surface area contributed by atoms with Crippen molar-refractivity contribution in [3.05, 3.63) is 21.7 Å². The summed E-state index contributed by atoms with van der Waals surface area (Å²) in [5.74, 6) is 1.38. The molecule has 1 aromatic heterocycles. The van der Waals surface area contributed by atoms with E-state index in [1.807, 2.05) is 19.0 Å². The van der Waals surface area contributed by atoms with E-state index in [1.54, 1.807) is 13.8 Å². The second kappa shape index (κ2) is 2.97. The number of nitrogens with zero attached hydrogens (tertiary/aromatic N) is 2. The van der Waals surface area contributed by atoms with E-state index in [4.69, 9.17) is 0 Å². The minimum absolute atomic E-state index is 0.0637. The maximum atomic E-state index is 11.2. The van der Waals surface area contributed by atoms with Crippen molar-refractivity contribution in [1.29, 1.82) is 0 Å². The summed E-state index contributed by atoms with van der Waals surface area (Å²) in [7, 11) is 3.74. The molecule has 1 N–H and O–H groups in total. The highest BCUT2D eigenvalue weighted by molar-refractivity contribution is 5.43. The van der Waals surface area contributed by atoms with Gasteiger partial charge < -0.3 is 9.88 Å². The smallest absolute Gasteiger partial charge is 0.255 e. The van der Waals surface area contributed by atoms with Crippen molar-refractivity contribution in [3.8, 4) is 0 Å². The molecule has 1 heterocycles. The lowest BCUT2D eigenvalue weighted by atomic mass is 10.3. The van der Waals surface area contributed by atoms with Crippen molar-refractivity contribution < 1.29 is 0 Å². The largest absolute Gasteiger partial charge is 0.362 e. The lowest BCUT2D eigenvalue weighted by Gasteiger charge is -2.13. The molecule has 0 saturated carbocycles. The van der Waals surface area contributed by atoms with Crippen molar-refractivity contribution in [2.75, 3.05) is 19.0 Å². The molecule has 0 aliphatic carbocycles. The SMILES string of the molecule is Cc1nc(N(C)C)c(C)c(=O)[nH]1. The first-order valence-electron chi connectivity index (χ1n) is 3.77. The van der Waals surface area contributed by atoms with Crippen LogP contribution in [0.1, 0.15) is 11.4 Å². The van der Waals surface area contributed by atoms with Crippen LogP contribution in [0.15, 0.2) is 4.79 Å². The maximum Gasteiger partial charge on any atom is 0.255 e. The number of hydrogen-bond donors (Lipinski definition) is 1. The van der Waals surface area contributed by atoms with Crippen LogP contribution in [0.25, 0.3) is 0 Å². The summed E-state index contributed by atoms with van der Waals surface area (Å²) >= 11 is 0. The molecule has 4 nitrogen and oxygen atoms in total. The van der Waals surface area contributed by atoms with Gasteiger partial charge in [-0.25, -0.2) is 4.98 Å². The van der Waals surface area contributed by atoms with Crippen LogP contribution >= 0.6 is 0 Å². The van der Waals surface area contributed by atoms with Crippen LogP contribution < -0.4 is 10.5 Å². The number of aryl methyl sites for hydroxylation is 1. The zero-order chi connectivity index (χ0) is 9.30. The highest BCUT2D eigenvalue weighted by atomic mass is 16.1. The molecule has 0 atom stereocenters. The Hall–Kier alpha value is -1.32. The standard InChI is InChI=1S/C8H13N3O/c1-5-7(11(3)4)9-6(2)10-8(5)12/h1-4H3,(H,9,10,12). The minimum Gasteiger partial charge on any atom is -0.362 e. The molecule has 66 valence electrons. The van der Waals surface area contributed by atoms with Crippen molar-refractivity contribution in [3.63, 3.8) is 0 Å².